The molecule has 0 aromatic heterocycles. The molecule has 0 bridgehead atoms. The largest absolute Gasteiger partial charge is 0.488 e. The number of esters is 1. The summed E-state index contributed by atoms with van der Waals surface area (Å²) in [6.07, 6.45) is 0. The van der Waals surface area contributed by atoms with Crippen LogP contribution in [-0.4, -0.2) is 13.1 Å². The number of benzene rings is 2. The van der Waals surface area contributed by atoms with E-state index in [1.54, 1.807) is 6.92 Å². The third-order valence-electron chi connectivity index (χ3n) is 5.27. The molecule has 0 amide bonds. The third kappa shape index (κ3) is 4.44. The molecule has 7 heteroatoms. The number of carbonyl (C=O) groups excluding carboxylic acids is 1. The fourth-order valence-electron chi connectivity index (χ4n) is 3.67. The SMILES string of the molecule is COC(=O)C1=C(C)OC(N)=C(C#N)C1c1cc(COc2ccccc2Br)c(C)cc1C. The Hall–Kier alpha value is -3.24. The van der Waals surface area contributed by atoms with Crippen LogP contribution in [0.15, 0.2) is 63.7 Å². The van der Waals surface area contributed by atoms with E-state index in [1.165, 1.54) is 7.11 Å². The number of hydrogen-bond donors (Lipinski definition) is 1. The molecule has 2 N–H and O–H groups in total. The number of nitriles is 1. The first-order valence-electron chi connectivity index (χ1n) is 9.62. The number of rotatable bonds is 5. The highest BCUT2D eigenvalue weighted by Crippen LogP contribution is 2.41. The number of para-hydroxylation sites is 1. The molecular formula is C24H23BrN2O4. The molecule has 31 heavy (non-hydrogen) atoms. The first-order chi connectivity index (χ1) is 14.8. The minimum absolute atomic E-state index is 0.0105. The third-order valence-corrected chi connectivity index (χ3v) is 5.92. The molecule has 2 aromatic rings. The Morgan fingerprint density at radius 2 is 1.94 bits per heavy atom. The van der Waals surface area contributed by atoms with Gasteiger partial charge in [-0.3, -0.25) is 0 Å². The predicted molar refractivity (Wildman–Crippen MR) is 120 cm³/mol. The maximum Gasteiger partial charge on any atom is 0.338 e. The van der Waals surface area contributed by atoms with Gasteiger partial charge in [-0.15, -0.1) is 0 Å². The summed E-state index contributed by atoms with van der Waals surface area (Å²) in [6, 6.07) is 13.7. The average Bonchev–Trinajstić information content (AvgIpc) is 2.73. The van der Waals surface area contributed by atoms with Crippen molar-refractivity contribution < 1.29 is 19.0 Å². The molecular weight excluding hydrogens is 460 g/mol. The molecule has 1 aliphatic rings. The smallest absolute Gasteiger partial charge is 0.338 e. The summed E-state index contributed by atoms with van der Waals surface area (Å²) in [7, 11) is 1.30. The van der Waals surface area contributed by atoms with Crippen molar-refractivity contribution in [2.45, 2.75) is 33.3 Å². The van der Waals surface area contributed by atoms with E-state index >= 15 is 0 Å². The molecule has 0 fully saturated rings. The average molecular weight is 483 g/mol. The van der Waals surface area contributed by atoms with Gasteiger partial charge in [0.25, 0.3) is 0 Å². The van der Waals surface area contributed by atoms with Crippen molar-refractivity contribution in [3.8, 4) is 11.8 Å². The number of nitrogens with zero attached hydrogens (tertiary/aromatic N) is 1. The number of methoxy groups -OCH3 is 1. The monoisotopic (exact) mass is 482 g/mol. The van der Waals surface area contributed by atoms with E-state index in [-0.39, 0.29) is 17.0 Å². The van der Waals surface area contributed by atoms with Gasteiger partial charge in [0, 0.05) is 0 Å². The lowest BCUT2D eigenvalue weighted by Gasteiger charge is -2.28. The van der Waals surface area contributed by atoms with Crippen molar-refractivity contribution in [2.75, 3.05) is 7.11 Å². The molecule has 0 saturated carbocycles. The Bertz CT molecular complexity index is 1140. The van der Waals surface area contributed by atoms with Crippen LogP contribution in [0.3, 0.4) is 0 Å². The number of hydrogen-bond acceptors (Lipinski definition) is 6. The zero-order chi connectivity index (χ0) is 22.7. The second-order valence-corrected chi connectivity index (χ2v) is 8.09. The summed E-state index contributed by atoms with van der Waals surface area (Å²) in [5, 5.41) is 9.78. The second-order valence-electron chi connectivity index (χ2n) is 7.24. The molecule has 1 heterocycles. The van der Waals surface area contributed by atoms with Gasteiger partial charge < -0.3 is 19.9 Å². The van der Waals surface area contributed by atoms with Crippen LogP contribution in [0.5, 0.6) is 5.75 Å². The van der Waals surface area contributed by atoms with Crippen LogP contribution in [0.25, 0.3) is 0 Å². The van der Waals surface area contributed by atoms with Crippen molar-refractivity contribution >= 4 is 21.9 Å². The van der Waals surface area contributed by atoms with Gasteiger partial charge in [0.2, 0.25) is 5.88 Å². The first-order valence-corrected chi connectivity index (χ1v) is 10.4. The number of nitrogens with two attached hydrogens (primary N) is 1. The van der Waals surface area contributed by atoms with E-state index in [0.717, 1.165) is 32.5 Å². The van der Waals surface area contributed by atoms with Crippen molar-refractivity contribution in [3.63, 3.8) is 0 Å². The highest BCUT2D eigenvalue weighted by atomic mass is 79.9. The van der Waals surface area contributed by atoms with E-state index in [1.807, 2.05) is 50.2 Å². The molecule has 6 nitrogen and oxygen atoms in total. The van der Waals surface area contributed by atoms with Crippen LogP contribution in [0, 0.1) is 25.2 Å². The summed E-state index contributed by atoms with van der Waals surface area (Å²) in [5.74, 6) is -0.214. The van der Waals surface area contributed by atoms with Gasteiger partial charge in [0.1, 0.15) is 29.8 Å². The van der Waals surface area contributed by atoms with Crippen LogP contribution in [0.1, 0.15) is 35.1 Å². The van der Waals surface area contributed by atoms with Gasteiger partial charge in [-0.25, -0.2) is 4.79 Å². The lowest BCUT2D eigenvalue weighted by atomic mass is 9.80. The van der Waals surface area contributed by atoms with Gasteiger partial charge in [-0.1, -0.05) is 24.3 Å². The Labute approximate surface area is 190 Å². The van der Waals surface area contributed by atoms with Crippen LogP contribution in [0.4, 0.5) is 0 Å². The molecule has 0 spiro atoms. The van der Waals surface area contributed by atoms with E-state index in [0.29, 0.717) is 12.4 Å². The van der Waals surface area contributed by atoms with E-state index < -0.39 is 11.9 Å². The number of carbonyl (C=O) groups is 1. The Balaban J connectivity index is 2.08. The van der Waals surface area contributed by atoms with Gasteiger partial charge >= 0.3 is 5.97 Å². The highest BCUT2D eigenvalue weighted by Gasteiger charge is 2.37. The Morgan fingerprint density at radius 3 is 2.58 bits per heavy atom. The van der Waals surface area contributed by atoms with Gasteiger partial charge in [-0.05, 0) is 71.1 Å². The Kier molecular flexibility index (Phi) is 6.71. The molecule has 1 unspecified atom stereocenters. The zero-order valence-electron chi connectivity index (χ0n) is 17.8. The molecule has 2 aromatic carbocycles. The highest BCUT2D eigenvalue weighted by molar-refractivity contribution is 9.10. The lowest BCUT2D eigenvalue weighted by Crippen LogP contribution is -2.25. The summed E-state index contributed by atoms with van der Waals surface area (Å²) in [5.41, 5.74) is 10.1. The minimum Gasteiger partial charge on any atom is -0.488 e. The molecule has 0 aliphatic carbocycles. The standard InChI is InChI=1S/C24H23BrN2O4/c1-13-9-14(2)17(10-16(13)12-30-20-8-6-5-7-19(20)25)22-18(11-26)23(27)31-15(3)21(22)24(28)29-4/h5-10,22H,12,27H2,1-4H3. The molecule has 1 aliphatic heterocycles. The van der Waals surface area contributed by atoms with E-state index in [2.05, 4.69) is 22.0 Å². The fourth-order valence-corrected chi connectivity index (χ4v) is 4.07. The maximum atomic E-state index is 12.6. The van der Waals surface area contributed by atoms with E-state index in [9.17, 15) is 10.1 Å². The summed E-state index contributed by atoms with van der Waals surface area (Å²) >= 11 is 3.49. The Morgan fingerprint density at radius 1 is 1.23 bits per heavy atom. The van der Waals surface area contributed by atoms with Crippen LogP contribution in [-0.2, 0) is 20.9 Å². The second kappa shape index (κ2) is 9.27. The van der Waals surface area contributed by atoms with Crippen molar-refractivity contribution in [1.82, 2.24) is 0 Å². The van der Waals surface area contributed by atoms with Crippen molar-refractivity contribution in [1.29, 1.82) is 5.26 Å². The number of ether oxygens (including phenoxy) is 3. The first kappa shape index (κ1) is 22.4. The number of allylic oxidation sites excluding steroid dienone is 2. The molecule has 3 rings (SSSR count). The van der Waals surface area contributed by atoms with Gasteiger partial charge in [0.15, 0.2) is 0 Å². The van der Waals surface area contributed by atoms with Crippen LogP contribution >= 0.6 is 15.9 Å². The predicted octanol–water partition coefficient (Wildman–Crippen LogP) is 4.90. The van der Waals surface area contributed by atoms with Crippen molar-refractivity contribution in [3.05, 3.63) is 85.9 Å². The van der Waals surface area contributed by atoms with Crippen LogP contribution < -0.4 is 10.5 Å². The zero-order valence-corrected chi connectivity index (χ0v) is 19.4. The van der Waals surface area contributed by atoms with E-state index in [4.69, 9.17) is 19.9 Å². The summed E-state index contributed by atoms with van der Waals surface area (Å²) < 4.78 is 17.3. The number of aryl methyl sites for hydroxylation is 2. The molecule has 0 radical (unpaired) electrons. The molecule has 160 valence electrons. The quantitative estimate of drug-likeness (QED) is 0.608. The molecule has 1 atom stereocenters. The minimum atomic E-state index is -0.686. The summed E-state index contributed by atoms with van der Waals surface area (Å²) in [6.45, 7) is 5.89. The molecule has 0 saturated heterocycles. The van der Waals surface area contributed by atoms with Gasteiger partial charge in [-0.2, -0.15) is 5.26 Å². The van der Waals surface area contributed by atoms with Crippen molar-refractivity contribution in [2.24, 2.45) is 5.73 Å². The topological polar surface area (TPSA) is 94.6 Å². The summed E-state index contributed by atoms with van der Waals surface area (Å²) in [4.78, 5) is 12.6. The maximum absolute atomic E-state index is 12.6. The number of halogens is 1. The normalized spacial score (nSPS) is 15.9. The van der Waals surface area contributed by atoms with Crippen LogP contribution in [0.2, 0.25) is 0 Å². The lowest BCUT2D eigenvalue weighted by molar-refractivity contribution is -0.136. The fraction of sp³-hybridized carbons (Fsp3) is 0.250. The van der Waals surface area contributed by atoms with Gasteiger partial charge in [0.05, 0.1) is 23.1 Å².